The highest BCUT2D eigenvalue weighted by Crippen LogP contribution is 2.37. The van der Waals surface area contributed by atoms with Gasteiger partial charge in [0.05, 0.1) is 11.1 Å². The highest BCUT2D eigenvalue weighted by atomic mass is 16.5. The molecule has 2 N–H and O–H groups in total. The molecule has 0 amide bonds. The number of H-pyrrole nitrogens is 1. The summed E-state index contributed by atoms with van der Waals surface area (Å²) >= 11 is 0. The van der Waals surface area contributed by atoms with Crippen molar-refractivity contribution < 1.29 is 9.53 Å². The van der Waals surface area contributed by atoms with Gasteiger partial charge in [-0.1, -0.05) is 18.2 Å². The lowest BCUT2D eigenvalue weighted by Crippen LogP contribution is -2.13. The second-order valence-corrected chi connectivity index (χ2v) is 7.19. The Balaban J connectivity index is 1.65. The molecule has 4 heteroatoms. The van der Waals surface area contributed by atoms with Gasteiger partial charge in [0, 0.05) is 22.8 Å². The molecule has 4 aromatic rings. The van der Waals surface area contributed by atoms with Gasteiger partial charge in [-0.2, -0.15) is 0 Å². The van der Waals surface area contributed by atoms with E-state index < -0.39 is 0 Å². The number of esters is 1. The molecule has 1 aromatic heterocycles. The molecule has 0 saturated carbocycles. The zero-order valence-electron chi connectivity index (χ0n) is 15.8. The smallest absolute Gasteiger partial charge is 0.343 e. The number of fused-ring (bicyclic) bond motifs is 4. The van der Waals surface area contributed by atoms with Crippen LogP contribution in [0.1, 0.15) is 32.6 Å². The van der Waals surface area contributed by atoms with Crippen molar-refractivity contribution in [1.29, 1.82) is 0 Å². The Morgan fingerprint density at radius 1 is 1.04 bits per heavy atom. The molecule has 0 bridgehead atoms. The number of carbonyl (C=O) groups is 1. The van der Waals surface area contributed by atoms with Crippen molar-refractivity contribution in [3.63, 3.8) is 0 Å². The molecule has 0 fully saturated rings. The summed E-state index contributed by atoms with van der Waals surface area (Å²) in [5, 5.41) is 5.58. The Bertz CT molecular complexity index is 1270. The van der Waals surface area contributed by atoms with E-state index in [9.17, 15) is 4.79 Å². The van der Waals surface area contributed by atoms with E-state index in [1.165, 1.54) is 27.6 Å². The Morgan fingerprint density at radius 3 is 2.68 bits per heavy atom. The third-order valence-electron chi connectivity index (χ3n) is 5.57. The van der Waals surface area contributed by atoms with E-state index in [1.54, 1.807) is 12.1 Å². The lowest BCUT2D eigenvalue weighted by molar-refractivity contribution is 0.0735. The van der Waals surface area contributed by atoms with E-state index in [0.29, 0.717) is 11.3 Å². The van der Waals surface area contributed by atoms with E-state index in [-0.39, 0.29) is 5.97 Å². The molecule has 0 aliphatic carbocycles. The third kappa shape index (κ3) is 2.49. The number of rotatable bonds is 2. The van der Waals surface area contributed by atoms with Crippen LogP contribution < -0.4 is 10.1 Å². The van der Waals surface area contributed by atoms with Crippen molar-refractivity contribution in [3.8, 4) is 5.75 Å². The summed E-state index contributed by atoms with van der Waals surface area (Å²) < 4.78 is 5.63. The largest absolute Gasteiger partial charge is 0.423 e. The number of aromatic nitrogens is 1. The molecule has 0 saturated heterocycles. The second-order valence-electron chi connectivity index (χ2n) is 7.19. The van der Waals surface area contributed by atoms with E-state index in [0.717, 1.165) is 23.0 Å². The van der Waals surface area contributed by atoms with Gasteiger partial charge in [0.15, 0.2) is 0 Å². The van der Waals surface area contributed by atoms with Crippen LogP contribution in [0.3, 0.4) is 0 Å². The first-order chi connectivity index (χ1) is 13.6. The maximum Gasteiger partial charge on any atom is 0.343 e. The van der Waals surface area contributed by atoms with Crippen LogP contribution in [0, 0.1) is 13.8 Å². The van der Waals surface area contributed by atoms with Crippen molar-refractivity contribution in [3.05, 3.63) is 82.5 Å². The van der Waals surface area contributed by atoms with Gasteiger partial charge in [0.25, 0.3) is 0 Å². The molecule has 1 aliphatic rings. The minimum Gasteiger partial charge on any atom is -0.423 e. The standard InChI is InChI=1S/C24H20N2O2/c1-14-20-13-25-11-10-18(20)15(2)23-22(14)19-12-17(8-9-21(19)26-23)28-24(27)16-6-4-3-5-7-16/h3-12,25-26H,13H2,1-2H3. The van der Waals surface area contributed by atoms with Gasteiger partial charge in [-0.3, -0.25) is 0 Å². The Labute approximate surface area is 162 Å². The fourth-order valence-corrected chi connectivity index (χ4v) is 4.12. The lowest BCUT2D eigenvalue weighted by Gasteiger charge is -2.18. The molecule has 0 radical (unpaired) electrons. The fourth-order valence-electron chi connectivity index (χ4n) is 4.12. The van der Waals surface area contributed by atoms with Gasteiger partial charge in [0.1, 0.15) is 5.75 Å². The maximum absolute atomic E-state index is 12.4. The van der Waals surface area contributed by atoms with Crippen LogP contribution in [0.2, 0.25) is 0 Å². The lowest BCUT2D eigenvalue weighted by atomic mass is 9.91. The normalized spacial score (nSPS) is 12.8. The molecular formula is C24H20N2O2. The van der Waals surface area contributed by atoms with Crippen molar-refractivity contribution in [2.45, 2.75) is 20.4 Å². The second kappa shape index (κ2) is 6.27. The molecule has 4 nitrogen and oxygen atoms in total. The summed E-state index contributed by atoms with van der Waals surface area (Å²) in [5.74, 6) is 0.203. The predicted molar refractivity (Wildman–Crippen MR) is 113 cm³/mol. The molecule has 28 heavy (non-hydrogen) atoms. The fraction of sp³-hybridized carbons (Fsp3) is 0.125. The highest BCUT2D eigenvalue weighted by Gasteiger charge is 2.19. The van der Waals surface area contributed by atoms with E-state index in [2.05, 4.69) is 30.2 Å². The topological polar surface area (TPSA) is 54.1 Å². The first-order valence-electron chi connectivity index (χ1n) is 9.38. The molecule has 0 atom stereocenters. The molecular weight excluding hydrogens is 348 g/mol. The molecule has 0 spiro atoms. The van der Waals surface area contributed by atoms with Crippen molar-refractivity contribution >= 4 is 33.9 Å². The Kier molecular flexibility index (Phi) is 3.72. The number of nitrogens with one attached hydrogen (secondary N) is 2. The van der Waals surface area contributed by atoms with E-state index >= 15 is 0 Å². The van der Waals surface area contributed by atoms with Crippen LogP contribution in [0.15, 0.2) is 54.7 Å². The molecule has 5 rings (SSSR count). The summed E-state index contributed by atoms with van der Waals surface area (Å²) in [5.41, 5.74) is 7.83. The first kappa shape index (κ1) is 16.6. The van der Waals surface area contributed by atoms with E-state index in [1.807, 2.05) is 42.6 Å². The maximum atomic E-state index is 12.4. The number of aromatic amines is 1. The van der Waals surface area contributed by atoms with Gasteiger partial charge in [-0.05, 0) is 78.7 Å². The number of benzene rings is 3. The number of hydrogen-bond donors (Lipinski definition) is 2. The summed E-state index contributed by atoms with van der Waals surface area (Å²) in [6.07, 6.45) is 4.14. The van der Waals surface area contributed by atoms with Crippen molar-refractivity contribution in [1.82, 2.24) is 10.3 Å². The minimum atomic E-state index is -0.348. The van der Waals surface area contributed by atoms with Crippen LogP contribution >= 0.6 is 0 Å². The minimum absolute atomic E-state index is 0.348. The van der Waals surface area contributed by atoms with Crippen LogP contribution in [-0.4, -0.2) is 11.0 Å². The monoisotopic (exact) mass is 368 g/mol. The van der Waals surface area contributed by atoms with Crippen LogP contribution in [0.5, 0.6) is 5.75 Å². The molecule has 138 valence electrons. The van der Waals surface area contributed by atoms with Gasteiger partial charge in [-0.15, -0.1) is 0 Å². The Hall–Kier alpha value is -3.53. The van der Waals surface area contributed by atoms with Crippen molar-refractivity contribution in [2.24, 2.45) is 0 Å². The number of aryl methyl sites for hydroxylation is 2. The molecule has 0 unspecified atom stereocenters. The van der Waals surface area contributed by atoms with Crippen molar-refractivity contribution in [2.75, 3.05) is 0 Å². The Morgan fingerprint density at radius 2 is 1.86 bits per heavy atom. The average molecular weight is 368 g/mol. The van der Waals surface area contributed by atoms with Crippen LogP contribution in [0.25, 0.3) is 27.9 Å². The third-order valence-corrected chi connectivity index (χ3v) is 5.57. The summed E-state index contributed by atoms with van der Waals surface area (Å²) in [6.45, 7) is 5.14. The van der Waals surface area contributed by atoms with Gasteiger partial charge >= 0.3 is 5.97 Å². The first-order valence-corrected chi connectivity index (χ1v) is 9.38. The SMILES string of the molecule is Cc1c2c(c(C)c3c1[nH]c1ccc(OC(=O)c4ccccc4)cc13)CNC=C2. The predicted octanol–water partition coefficient (Wildman–Crippen LogP) is 5.23. The number of hydrogen-bond acceptors (Lipinski definition) is 3. The zero-order chi connectivity index (χ0) is 19.3. The zero-order valence-corrected chi connectivity index (χ0v) is 15.8. The quantitative estimate of drug-likeness (QED) is 0.376. The van der Waals surface area contributed by atoms with Gasteiger partial charge in [-0.25, -0.2) is 4.79 Å². The molecule has 2 heterocycles. The summed E-state index contributed by atoms with van der Waals surface area (Å²) in [7, 11) is 0. The van der Waals surface area contributed by atoms with Gasteiger partial charge in [0.2, 0.25) is 0 Å². The summed E-state index contributed by atoms with van der Waals surface area (Å²) in [6, 6.07) is 14.8. The van der Waals surface area contributed by atoms with Crippen LogP contribution in [0.4, 0.5) is 0 Å². The number of carbonyl (C=O) groups excluding carboxylic acids is 1. The highest BCUT2D eigenvalue weighted by molar-refractivity contribution is 6.11. The molecule has 1 aliphatic heterocycles. The van der Waals surface area contributed by atoms with E-state index in [4.69, 9.17) is 4.74 Å². The summed E-state index contributed by atoms with van der Waals surface area (Å²) in [4.78, 5) is 16.0. The van der Waals surface area contributed by atoms with Gasteiger partial charge < -0.3 is 15.0 Å². The van der Waals surface area contributed by atoms with Crippen LogP contribution in [-0.2, 0) is 6.54 Å². The molecule has 3 aromatic carbocycles. The number of ether oxygens (including phenoxy) is 1. The average Bonchev–Trinajstić information content (AvgIpc) is 3.12.